The van der Waals surface area contributed by atoms with E-state index in [2.05, 4.69) is 16.9 Å². The largest absolute Gasteiger partial charge is 0.388 e. The Bertz CT molecular complexity index is 338. The first kappa shape index (κ1) is 12.8. The molecular weight excluding hydrogens is 244 g/mol. The molecule has 0 radical (unpaired) electrons. The summed E-state index contributed by atoms with van der Waals surface area (Å²) in [6.07, 6.45) is -2.83. The molecule has 2 aliphatic rings. The molecule has 0 aromatic heterocycles. The maximum absolute atomic E-state index is 9.95. The highest BCUT2D eigenvalue weighted by Crippen LogP contribution is 2.36. The molecule has 0 amide bonds. The van der Waals surface area contributed by atoms with Crippen molar-refractivity contribution in [3.8, 4) is 0 Å². The Morgan fingerprint density at radius 3 is 2.82 bits per heavy atom. The molecule has 0 aliphatic carbocycles. The highest BCUT2D eigenvalue weighted by Gasteiger charge is 2.49. The predicted octanol–water partition coefficient (Wildman–Crippen LogP) is -1.33. The van der Waals surface area contributed by atoms with Gasteiger partial charge >= 0.3 is 0 Å². The van der Waals surface area contributed by atoms with Crippen molar-refractivity contribution >= 4 is 16.9 Å². The van der Waals surface area contributed by atoms with Gasteiger partial charge in [0.25, 0.3) is 0 Å². The van der Waals surface area contributed by atoms with E-state index in [1.165, 1.54) is 17.8 Å². The molecule has 4 N–H and O–H groups in total. The highest BCUT2D eigenvalue weighted by atomic mass is 32.2. The van der Waals surface area contributed by atoms with Crippen LogP contribution in [0.2, 0.25) is 0 Å². The minimum absolute atomic E-state index is 0.393. The fourth-order valence-corrected chi connectivity index (χ4v) is 2.99. The van der Waals surface area contributed by atoms with Crippen LogP contribution in [0.1, 0.15) is 0 Å². The number of rotatable bonds is 2. The third-order valence-electron chi connectivity index (χ3n) is 2.89. The molecule has 2 rings (SSSR count). The number of nitrogens with one attached hydrogen (secondary N) is 1. The van der Waals surface area contributed by atoms with E-state index in [0.29, 0.717) is 5.17 Å². The lowest BCUT2D eigenvalue weighted by atomic mass is 9.95. The lowest BCUT2D eigenvalue weighted by Crippen LogP contribution is -2.57. The number of hydrogen-bond acceptors (Lipinski definition) is 7. The number of ether oxygens (including phenoxy) is 1. The molecule has 0 aromatic carbocycles. The van der Waals surface area contributed by atoms with E-state index >= 15 is 0 Å². The molecule has 0 saturated carbocycles. The van der Waals surface area contributed by atoms with Crippen molar-refractivity contribution in [3.63, 3.8) is 0 Å². The van der Waals surface area contributed by atoms with E-state index < -0.39 is 35.9 Å². The molecule has 1 unspecified atom stereocenters. The van der Waals surface area contributed by atoms with E-state index in [4.69, 9.17) is 4.74 Å². The predicted molar refractivity (Wildman–Crippen MR) is 64.8 cm³/mol. The molecule has 2 aliphatic heterocycles. The van der Waals surface area contributed by atoms with E-state index in [9.17, 15) is 15.3 Å². The lowest BCUT2D eigenvalue weighted by molar-refractivity contribution is -0.176. The summed E-state index contributed by atoms with van der Waals surface area (Å²) in [5, 5.41) is 33.0. The summed E-state index contributed by atoms with van der Waals surface area (Å²) in [6.45, 7) is 3.44. The van der Waals surface area contributed by atoms with Crippen LogP contribution in [0.25, 0.3) is 0 Å². The van der Waals surface area contributed by atoms with Gasteiger partial charge in [-0.1, -0.05) is 17.8 Å². The van der Waals surface area contributed by atoms with Gasteiger partial charge in [0.15, 0.2) is 5.17 Å². The van der Waals surface area contributed by atoms with Gasteiger partial charge in [-0.2, -0.15) is 0 Å². The van der Waals surface area contributed by atoms with E-state index in [-0.39, 0.29) is 0 Å². The molecule has 0 bridgehead atoms. The van der Waals surface area contributed by atoms with Gasteiger partial charge in [-0.3, -0.25) is 4.99 Å². The quantitative estimate of drug-likeness (QED) is 0.460. The fourth-order valence-electron chi connectivity index (χ4n) is 1.92. The summed E-state index contributed by atoms with van der Waals surface area (Å²) in [7, 11) is 1.72. The molecule has 6 nitrogen and oxygen atoms in total. The van der Waals surface area contributed by atoms with Crippen molar-refractivity contribution < 1.29 is 20.1 Å². The number of nitrogens with zero attached hydrogens (tertiary/aromatic N) is 1. The van der Waals surface area contributed by atoms with Crippen molar-refractivity contribution in [3.05, 3.63) is 12.7 Å². The number of amidine groups is 1. The maximum atomic E-state index is 9.95. The standard InChI is InChI=1S/C10H16N2O4S/c1-3-4(13)8-7(15)6(14)5-9(16-8)17-10(11-2)12-5/h3-9,13-15H,1H2,2H3,(H,11,12)/t4?,5-,6-,7+,8-,9-/m1/s1. The van der Waals surface area contributed by atoms with Crippen LogP contribution in [0.15, 0.2) is 17.6 Å². The van der Waals surface area contributed by atoms with Gasteiger partial charge in [-0.15, -0.1) is 6.58 Å². The van der Waals surface area contributed by atoms with Gasteiger partial charge in [0.05, 0.1) is 0 Å². The number of aliphatic imine (C=N–C) groups is 1. The van der Waals surface area contributed by atoms with Gasteiger partial charge in [0.2, 0.25) is 0 Å². The van der Waals surface area contributed by atoms with Gasteiger partial charge in [-0.05, 0) is 0 Å². The average Bonchev–Trinajstić information content (AvgIpc) is 2.76. The first-order chi connectivity index (χ1) is 8.08. The zero-order valence-electron chi connectivity index (χ0n) is 9.35. The minimum Gasteiger partial charge on any atom is -0.388 e. The second-order valence-electron chi connectivity index (χ2n) is 3.97. The SMILES string of the molecule is C=CC(O)[C@H]1O[C@@H]2SC(NC)=N[C@@H]2[C@@H](O)[C@@H]1O. The molecule has 17 heavy (non-hydrogen) atoms. The Morgan fingerprint density at radius 2 is 2.24 bits per heavy atom. The summed E-state index contributed by atoms with van der Waals surface area (Å²) in [5.74, 6) is 0. The van der Waals surface area contributed by atoms with Gasteiger partial charge in [0, 0.05) is 7.05 Å². The minimum atomic E-state index is -1.18. The van der Waals surface area contributed by atoms with Crippen molar-refractivity contribution in [2.24, 2.45) is 4.99 Å². The topological polar surface area (TPSA) is 94.3 Å². The van der Waals surface area contributed by atoms with Crippen LogP contribution >= 0.6 is 11.8 Å². The number of aliphatic hydroxyl groups is 3. The molecule has 1 fully saturated rings. The third kappa shape index (κ3) is 2.21. The van der Waals surface area contributed by atoms with Crippen molar-refractivity contribution in [2.45, 2.75) is 35.9 Å². The molecule has 0 spiro atoms. The summed E-state index contributed by atoms with van der Waals surface area (Å²) >= 11 is 1.33. The van der Waals surface area contributed by atoms with Crippen LogP contribution in [0.3, 0.4) is 0 Å². The Balaban J connectivity index is 2.15. The normalized spacial score (nSPS) is 42.6. The Morgan fingerprint density at radius 1 is 1.53 bits per heavy atom. The third-order valence-corrected chi connectivity index (χ3v) is 4.05. The fraction of sp³-hybridized carbons (Fsp3) is 0.700. The molecule has 6 atom stereocenters. The van der Waals surface area contributed by atoms with Crippen LogP contribution < -0.4 is 5.32 Å². The monoisotopic (exact) mass is 260 g/mol. The van der Waals surface area contributed by atoms with Crippen molar-refractivity contribution in [2.75, 3.05) is 7.05 Å². The second kappa shape index (κ2) is 4.95. The second-order valence-corrected chi connectivity index (χ2v) is 5.06. The Kier molecular flexibility index (Phi) is 3.74. The first-order valence-electron chi connectivity index (χ1n) is 5.33. The Labute approximate surface area is 103 Å². The number of hydrogen-bond donors (Lipinski definition) is 4. The van der Waals surface area contributed by atoms with Crippen molar-refractivity contribution in [1.29, 1.82) is 0 Å². The molecule has 0 aromatic rings. The van der Waals surface area contributed by atoms with Crippen LogP contribution in [-0.4, -0.2) is 63.4 Å². The zero-order chi connectivity index (χ0) is 12.6. The summed E-state index contributed by atoms with van der Waals surface area (Å²) in [5.41, 5.74) is -0.393. The van der Waals surface area contributed by atoms with Crippen LogP contribution in [0.5, 0.6) is 0 Å². The van der Waals surface area contributed by atoms with E-state index in [1.807, 2.05) is 0 Å². The highest BCUT2D eigenvalue weighted by molar-refractivity contribution is 8.14. The lowest BCUT2D eigenvalue weighted by Gasteiger charge is -2.39. The van der Waals surface area contributed by atoms with Gasteiger partial charge in [0.1, 0.15) is 35.9 Å². The number of thioether (sulfide) groups is 1. The van der Waals surface area contributed by atoms with E-state index in [0.717, 1.165) is 0 Å². The maximum Gasteiger partial charge on any atom is 0.159 e. The molecule has 1 saturated heterocycles. The van der Waals surface area contributed by atoms with Crippen LogP contribution in [-0.2, 0) is 4.74 Å². The summed E-state index contributed by atoms with van der Waals surface area (Å²) < 4.78 is 5.55. The van der Waals surface area contributed by atoms with Gasteiger partial charge in [-0.25, -0.2) is 0 Å². The zero-order valence-corrected chi connectivity index (χ0v) is 10.2. The summed E-state index contributed by atoms with van der Waals surface area (Å²) in [4.78, 5) is 4.21. The molecule has 2 heterocycles. The smallest absolute Gasteiger partial charge is 0.159 e. The molecular formula is C10H16N2O4S. The van der Waals surface area contributed by atoms with Gasteiger partial charge < -0.3 is 25.4 Å². The number of fused-ring (bicyclic) bond motifs is 1. The Hall–Kier alpha value is -0.600. The van der Waals surface area contributed by atoms with Crippen LogP contribution in [0.4, 0.5) is 0 Å². The van der Waals surface area contributed by atoms with Crippen molar-refractivity contribution in [1.82, 2.24) is 5.32 Å². The first-order valence-corrected chi connectivity index (χ1v) is 6.21. The molecule has 7 heteroatoms. The number of aliphatic hydroxyl groups excluding tert-OH is 3. The average molecular weight is 260 g/mol. The van der Waals surface area contributed by atoms with Crippen LogP contribution in [0, 0.1) is 0 Å². The van der Waals surface area contributed by atoms with E-state index in [1.54, 1.807) is 7.05 Å². The summed E-state index contributed by atoms with van der Waals surface area (Å²) in [6, 6.07) is -0.509. The molecule has 96 valence electrons.